The molecule has 1 heterocycles. The summed E-state index contributed by atoms with van der Waals surface area (Å²) in [5.41, 5.74) is 3.06. The zero-order valence-corrected chi connectivity index (χ0v) is 14.5. The lowest BCUT2D eigenvalue weighted by Gasteiger charge is -2.31. The number of carbonyl (C=O) groups is 1. The Hall–Kier alpha value is -0.650. The molecule has 5 heteroatoms. The van der Waals surface area contributed by atoms with Crippen molar-refractivity contribution in [2.45, 2.75) is 89.9 Å². The first-order valence-corrected chi connectivity index (χ1v) is 9.46. The molecule has 0 aromatic carbocycles. The molecule has 1 saturated carbocycles. The minimum atomic E-state index is -0.699. The Morgan fingerprint density at radius 1 is 1.22 bits per heavy atom. The Morgan fingerprint density at radius 3 is 2.57 bits per heavy atom. The lowest BCUT2D eigenvalue weighted by molar-refractivity contribution is -0.208. The molecule has 2 rings (SSSR count). The molecule has 5 nitrogen and oxygen atoms in total. The van der Waals surface area contributed by atoms with Crippen LogP contribution in [-0.2, 0) is 14.4 Å². The maximum absolute atomic E-state index is 11.8. The SMILES string of the molecule is CCC[C@H](NOC1CCCCO1)[C@@H](CC1CCCCC1)C(=O)O. The van der Waals surface area contributed by atoms with Gasteiger partial charge in [-0.1, -0.05) is 45.4 Å². The Morgan fingerprint density at radius 2 is 1.96 bits per heavy atom. The van der Waals surface area contributed by atoms with Gasteiger partial charge in [0.05, 0.1) is 5.92 Å². The fraction of sp³-hybridized carbons (Fsp3) is 0.944. The summed E-state index contributed by atoms with van der Waals surface area (Å²) in [4.78, 5) is 17.5. The van der Waals surface area contributed by atoms with E-state index in [4.69, 9.17) is 9.57 Å². The van der Waals surface area contributed by atoms with E-state index in [0.717, 1.165) is 45.1 Å². The predicted octanol–water partition coefficient (Wildman–Crippen LogP) is 3.87. The second-order valence-corrected chi connectivity index (χ2v) is 7.11. The zero-order chi connectivity index (χ0) is 16.5. The predicted molar refractivity (Wildman–Crippen MR) is 88.8 cm³/mol. The molecule has 0 spiro atoms. The maximum atomic E-state index is 11.8. The summed E-state index contributed by atoms with van der Waals surface area (Å²) in [7, 11) is 0. The van der Waals surface area contributed by atoms with E-state index < -0.39 is 5.97 Å². The summed E-state index contributed by atoms with van der Waals surface area (Å²) >= 11 is 0. The molecule has 1 saturated heterocycles. The van der Waals surface area contributed by atoms with Gasteiger partial charge < -0.3 is 9.84 Å². The number of hydroxylamine groups is 1. The average Bonchev–Trinajstić information content (AvgIpc) is 2.58. The van der Waals surface area contributed by atoms with Crippen LogP contribution in [0.25, 0.3) is 0 Å². The molecule has 0 aromatic heterocycles. The van der Waals surface area contributed by atoms with Gasteiger partial charge in [0.15, 0.2) is 6.29 Å². The van der Waals surface area contributed by atoms with Gasteiger partial charge in [-0.2, -0.15) is 5.48 Å². The number of nitrogens with one attached hydrogen (secondary N) is 1. The van der Waals surface area contributed by atoms with Crippen molar-refractivity contribution < 1.29 is 19.5 Å². The average molecular weight is 327 g/mol. The van der Waals surface area contributed by atoms with Crippen molar-refractivity contribution in [1.29, 1.82) is 0 Å². The molecular formula is C18H33NO4. The molecule has 3 atom stereocenters. The Balaban J connectivity index is 1.88. The third kappa shape index (κ3) is 6.40. The number of carboxylic acids is 1. The lowest BCUT2D eigenvalue weighted by Crippen LogP contribution is -2.43. The molecule has 0 amide bonds. The Bertz CT molecular complexity index is 338. The number of hydrogen-bond donors (Lipinski definition) is 2. The number of aliphatic carboxylic acids is 1. The van der Waals surface area contributed by atoms with E-state index in [1.165, 1.54) is 32.1 Å². The van der Waals surface area contributed by atoms with Gasteiger partial charge in [0.25, 0.3) is 0 Å². The molecule has 23 heavy (non-hydrogen) atoms. The molecule has 0 radical (unpaired) electrons. The highest BCUT2D eigenvalue weighted by molar-refractivity contribution is 5.70. The highest BCUT2D eigenvalue weighted by Crippen LogP contribution is 2.31. The van der Waals surface area contributed by atoms with Gasteiger partial charge in [-0.05, 0) is 31.6 Å². The van der Waals surface area contributed by atoms with E-state index in [1.807, 2.05) is 0 Å². The molecule has 1 aliphatic carbocycles. The largest absolute Gasteiger partial charge is 0.481 e. The fourth-order valence-corrected chi connectivity index (χ4v) is 3.84. The van der Waals surface area contributed by atoms with Crippen molar-refractivity contribution >= 4 is 5.97 Å². The molecular weight excluding hydrogens is 294 g/mol. The summed E-state index contributed by atoms with van der Waals surface area (Å²) in [5, 5.41) is 9.71. The number of rotatable bonds is 9. The van der Waals surface area contributed by atoms with Gasteiger partial charge in [0.1, 0.15) is 0 Å². The molecule has 134 valence electrons. The normalized spacial score (nSPS) is 25.9. The van der Waals surface area contributed by atoms with Crippen molar-refractivity contribution in [3.8, 4) is 0 Å². The minimum Gasteiger partial charge on any atom is -0.481 e. The number of carboxylic acid groups (broad SMARTS) is 1. The van der Waals surface area contributed by atoms with Gasteiger partial charge in [0, 0.05) is 19.1 Å². The van der Waals surface area contributed by atoms with Crippen LogP contribution < -0.4 is 5.48 Å². The van der Waals surface area contributed by atoms with Gasteiger partial charge >= 0.3 is 5.97 Å². The van der Waals surface area contributed by atoms with Crippen LogP contribution in [0, 0.1) is 11.8 Å². The topological polar surface area (TPSA) is 67.8 Å². The van der Waals surface area contributed by atoms with Crippen LogP contribution in [0.4, 0.5) is 0 Å². The highest BCUT2D eigenvalue weighted by atomic mass is 16.8. The standard InChI is InChI=1S/C18H33NO4/c1-2-8-16(19-23-17-11-6-7-12-22-17)15(18(20)21)13-14-9-4-3-5-10-14/h14-17,19H,2-13H2,1H3,(H,20,21)/t15-,16+,17?/m1/s1. The van der Waals surface area contributed by atoms with E-state index in [9.17, 15) is 9.90 Å². The van der Waals surface area contributed by atoms with Crippen molar-refractivity contribution in [2.24, 2.45) is 11.8 Å². The van der Waals surface area contributed by atoms with Crippen LogP contribution in [0.5, 0.6) is 0 Å². The molecule has 2 fully saturated rings. The second kappa shape index (κ2) is 10.3. The van der Waals surface area contributed by atoms with E-state index in [1.54, 1.807) is 0 Å². The third-order valence-electron chi connectivity index (χ3n) is 5.20. The lowest BCUT2D eigenvalue weighted by atomic mass is 9.80. The van der Waals surface area contributed by atoms with Crippen LogP contribution in [0.15, 0.2) is 0 Å². The third-order valence-corrected chi connectivity index (χ3v) is 5.20. The minimum absolute atomic E-state index is 0.134. The first-order chi connectivity index (χ1) is 11.2. The summed E-state index contributed by atoms with van der Waals surface area (Å²) < 4.78 is 5.56. The molecule has 1 unspecified atom stereocenters. The van der Waals surface area contributed by atoms with Crippen molar-refractivity contribution in [2.75, 3.05) is 6.61 Å². The van der Waals surface area contributed by atoms with Crippen LogP contribution in [0.1, 0.15) is 77.6 Å². The zero-order valence-electron chi connectivity index (χ0n) is 14.5. The highest BCUT2D eigenvalue weighted by Gasteiger charge is 2.31. The summed E-state index contributed by atoms with van der Waals surface area (Å²) in [6, 6.07) is -0.134. The van der Waals surface area contributed by atoms with E-state index >= 15 is 0 Å². The van der Waals surface area contributed by atoms with E-state index in [2.05, 4.69) is 12.4 Å². The second-order valence-electron chi connectivity index (χ2n) is 7.11. The van der Waals surface area contributed by atoms with Crippen molar-refractivity contribution in [1.82, 2.24) is 5.48 Å². The Kier molecular flexibility index (Phi) is 8.34. The summed E-state index contributed by atoms with van der Waals surface area (Å²) in [6.45, 7) is 2.82. The van der Waals surface area contributed by atoms with Crippen LogP contribution in [0.3, 0.4) is 0 Å². The fourth-order valence-electron chi connectivity index (χ4n) is 3.84. The molecule has 0 aromatic rings. The maximum Gasteiger partial charge on any atom is 0.308 e. The van der Waals surface area contributed by atoms with Crippen molar-refractivity contribution in [3.05, 3.63) is 0 Å². The van der Waals surface area contributed by atoms with Gasteiger partial charge in [-0.15, -0.1) is 0 Å². The first-order valence-electron chi connectivity index (χ1n) is 9.46. The first kappa shape index (κ1) is 18.7. The Labute approximate surface area is 140 Å². The molecule has 0 bridgehead atoms. The van der Waals surface area contributed by atoms with Gasteiger partial charge in [0.2, 0.25) is 0 Å². The van der Waals surface area contributed by atoms with E-state index in [0.29, 0.717) is 5.92 Å². The van der Waals surface area contributed by atoms with Gasteiger partial charge in [-0.25, -0.2) is 0 Å². The van der Waals surface area contributed by atoms with Crippen LogP contribution in [-0.4, -0.2) is 30.0 Å². The van der Waals surface area contributed by atoms with Crippen LogP contribution >= 0.6 is 0 Å². The number of ether oxygens (including phenoxy) is 1. The molecule has 2 aliphatic rings. The van der Waals surface area contributed by atoms with Crippen LogP contribution in [0.2, 0.25) is 0 Å². The summed E-state index contributed by atoms with van der Waals surface area (Å²) in [6.07, 6.45) is 11.5. The molecule has 1 aliphatic heterocycles. The quantitative estimate of drug-likeness (QED) is 0.629. The van der Waals surface area contributed by atoms with E-state index in [-0.39, 0.29) is 18.2 Å². The van der Waals surface area contributed by atoms with Gasteiger partial charge in [-0.3, -0.25) is 9.63 Å². The molecule has 2 N–H and O–H groups in total. The van der Waals surface area contributed by atoms with Crippen molar-refractivity contribution in [3.63, 3.8) is 0 Å². The monoisotopic (exact) mass is 327 g/mol. The number of hydrogen-bond acceptors (Lipinski definition) is 4. The summed E-state index contributed by atoms with van der Waals surface area (Å²) in [5.74, 6) is -0.520. The smallest absolute Gasteiger partial charge is 0.308 e.